The number of carboxylic acids is 1. The standard InChI is InChI=1S/C12H10N2O5S/c1-7-3-2-4-9(14(17)18)10(7)19-5-8-6-20-11(13-8)12(15)16/h2-4,6H,5H2,1H3,(H,15,16). The fraction of sp³-hybridized carbons (Fsp3) is 0.167. The van der Waals surface area contributed by atoms with E-state index < -0.39 is 10.9 Å². The Morgan fingerprint density at radius 1 is 1.55 bits per heavy atom. The second kappa shape index (κ2) is 5.66. The van der Waals surface area contributed by atoms with Crippen LogP contribution in [0.25, 0.3) is 0 Å². The Balaban J connectivity index is 2.18. The van der Waals surface area contributed by atoms with E-state index >= 15 is 0 Å². The zero-order valence-corrected chi connectivity index (χ0v) is 11.2. The number of aryl methyl sites for hydroxylation is 1. The molecule has 8 heteroatoms. The average Bonchev–Trinajstić information content (AvgIpc) is 2.86. The molecule has 0 amide bonds. The number of hydrogen-bond acceptors (Lipinski definition) is 6. The molecule has 0 spiro atoms. The normalized spacial score (nSPS) is 10.2. The molecular formula is C12H10N2O5S. The molecule has 1 N–H and O–H groups in total. The van der Waals surface area contributed by atoms with Crippen LogP contribution < -0.4 is 4.74 Å². The van der Waals surface area contributed by atoms with Gasteiger partial charge in [-0.25, -0.2) is 9.78 Å². The molecular weight excluding hydrogens is 284 g/mol. The molecule has 0 atom stereocenters. The van der Waals surface area contributed by atoms with Crippen molar-refractivity contribution >= 4 is 23.0 Å². The molecule has 20 heavy (non-hydrogen) atoms. The van der Waals surface area contributed by atoms with E-state index in [1.165, 1.54) is 6.07 Å². The van der Waals surface area contributed by atoms with Gasteiger partial charge in [-0.2, -0.15) is 0 Å². The van der Waals surface area contributed by atoms with Gasteiger partial charge in [-0.3, -0.25) is 10.1 Å². The highest BCUT2D eigenvalue weighted by Crippen LogP contribution is 2.30. The molecule has 0 unspecified atom stereocenters. The van der Waals surface area contributed by atoms with Gasteiger partial charge in [0.1, 0.15) is 6.61 Å². The molecule has 0 radical (unpaired) electrons. The number of aromatic nitrogens is 1. The first-order valence-corrected chi connectivity index (χ1v) is 6.41. The summed E-state index contributed by atoms with van der Waals surface area (Å²) in [6, 6.07) is 4.63. The van der Waals surface area contributed by atoms with Crippen molar-refractivity contribution in [1.82, 2.24) is 4.98 Å². The van der Waals surface area contributed by atoms with Crippen molar-refractivity contribution in [2.24, 2.45) is 0 Å². The number of carboxylic acid groups (broad SMARTS) is 1. The van der Waals surface area contributed by atoms with Crippen LogP contribution in [0.5, 0.6) is 5.75 Å². The Hall–Kier alpha value is -2.48. The van der Waals surface area contributed by atoms with Crippen molar-refractivity contribution in [3.8, 4) is 5.75 Å². The number of rotatable bonds is 5. The summed E-state index contributed by atoms with van der Waals surface area (Å²) in [6.07, 6.45) is 0. The largest absolute Gasteiger partial charge is 0.480 e. The molecule has 0 aliphatic rings. The van der Waals surface area contributed by atoms with Gasteiger partial charge < -0.3 is 9.84 Å². The zero-order valence-electron chi connectivity index (χ0n) is 10.4. The molecule has 1 heterocycles. The summed E-state index contributed by atoms with van der Waals surface area (Å²) in [7, 11) is 0. The molecule has 1 aromatic carbocycles. The second-order valence-corrected chi connectivity index (χ2v) is 4.78. The van der Waals surface area contributed by atoms with Crippen molar-refractivity contribution in [1.29, 1.82) is 0 Å². The van der Waals surface area contributed by atoms with E-state index in [0.717, 1.165) is 11.3 Å². The lowest BCUT2D eigenvalue weighted by Crippen LogP contribution is -2.02. The number of benzene rings is 1. The SMILES string of the molecule is Cc1cccc([N+](=O)[O-])c1OCc1csc(C(=O)O)n1. The summed E-state index contributed by atoms with van der Waals surface area (Å²) >= 11 is 0.983. The van der Waals surface area contributed by atoms with Gasteiger partial charge in [-0.15, -0.1) is 11.3 Å². The maximum atomic E-state index is 10.9. The summed E-state index contributed by atoms with van der Waals surface area (Å²) in [5, 5.41) is 21.2. The summed E-state index contributed by atoms with van der Waals surface area (Å²) in [5.41, 5.74) is 0.927. The lowest BCUT2D eigenvalue weighted by molar-refractivity contribution is -0.386. The van der Waals surface area contributed by atoms with Gasteiger partial charge in [0, 0.05) is 11.4 Å². The number of nitro benzene ring substituents is 1. The minimum absolute atomic E-state index is 0.0184. The molecule has 0 fully saturated rings. The number of nitrogens with zero attached hydrogens (tertiary/aromatic N) is 2. The molecule has 0 bridgehead atoms. The summed E-state index contributed by atoms with van der Waals surface area (Å²) in [4.78, 5) is 24.9. The first-order valence-electron chi connectivity index (χ1n) is 5.53. The van der Waals surface area contributed by atoms with Crippen LogP contribution in [0, 0.1) is 17.0 Å². The van der Waals surface area contributed by atoms with Crippen molar-refractivity contribution in [2.75, 3.05) is 0 Å². The number of carbonyl (C=O) groups is 1. The molecule has 2 aromatic rings. The second-order valence-electron chi connectivity index (χ2n) is 3.92. The highest BCUT2D eigenvalue weighted by atomic mass is 32.1. The van der Waals surface area contributed by atoms with Crippen LogP contribution in [0.4, 0.5) is 5.69 Å². The molecule has 2 rings (SSSR count). The van der Waals surface area contributed by atoms with Crippen LogP contribution in [-0.4, -0.2) is 21.0 Å². The van der Waals surface area contributed by atoms with E-state index in [4.69, 9.17) is 9.84 Å². The highest BCUT2D eigenvalue weighted by molar-refractivity contribution is 7.11. The molecule has 1 aromatic heterocycles. The maximum absolute atomic E-state index is 10.9. The molecule has 0 saturated heterocycles. The van der Waals surface area contributed by atoms with Gasteiger partial charge in [0.15, 0.2) is 5.75 Å². The predicted molar refractivity (Wildman–Crippen MR) is 71.2 cm³/mol. The van der Waals surface area contributed by atoms with E-state index in [9.17, 15) is 14.9 Å². The van der Waals surface area contributed by atoms with Crippen LogP contribution in [0.15, 0.2) is 23.6 Å². The minimum atomic E-state index is -1.11. The van der Waals surface area contributed by atoms with Gasteiger partial charge in [0.05, 0.1) is 10.6 Å². The lowest BCUT2D eigenvalue weighted by Gasteiger charge is -2.07. The number of nitro groups is 1. The van der Waals surface area contributed by atoms with Crippen molar-refractivity contribution in [2.45, 2.75) is 13.5 Å². The van der Waals surface area contributed by atoms with Crippen molar-refractivity contribution in [3.05, 3.63) is 50.0 Å². The van der Waals surface area contributed by atoms with Gasteiger partial charge in [-0.1, -0.05) is 12.1 Å². The third kappa shape index (κ3) is 2.91. The highest BCUT2D eigenvalue weighted by Gasteiger charge is 2.17. The molecule has 0 aliphatic heterocycles. The Labute approximate surface area is 117 Å². The maximum Gasteiger partial charge on any atom is 0.365 e. The van der Waals surface area contributed by atoms with E-state index in [2.05, 4.69) is 4.98 Å². The number of aromatic carboxylic acids is 1. The topological polar surface area (TPSA) is 103 Å². The van der Waals surface area contributed by atoms with Crippen molar-refractivity contribution < 1.29 is 19.6 Å². The lowest BCUT2D eigenvalue weighted by atomic mass is 10.2. The Kier molecular flexibility index (Phi) is 3.94. The molecule has 104 valence electrons. The van der Waals surface area contributed by atoms with Crippen LogP contribution in [0.1, 0.15) is 21.1 Å². The van der Waals surface area contributed by atoms with Crippen LogP contribution >= 0.6 is 11.3 Å². The fourth-order valence-corrected chi connectivity index (χ4v) is 2.23. The van der Waals surface area contributed by atoms with E-state index in [1.807, 2.05) is 0 Å². The zero-order chi connectivity index (χ0) is 14.7. The van der Waals surface area contributed by atoms with Gasteiger partial charge >= 0.3 is 11.7 Å². The van der Waals surface area contributed by atoms with Crippen LogP contribution in [-0.2, 0) is 6.61 Å². The van der Waals surface area contributed by atoms with E-state index in [0.29, 0.717) is 11.3 Å². The first-order chi connectivity index (χ1) is 9.49. The Morgan fingerprint density at radius 2 is 2.30 bits per heavy atom. The molecule has 0 aliphatic carbocycles. The predicted octanol–water partition coefficient (Wildman–Crippen LogP) is 2.64. The Bertz CT molecular complexity index is 668. The molecule has 0 saturated carbocycles. The van der Waals surface area contributed by atoms with E-state index in [-0.39, 0.29) is 23.1 Å². The van der Waals surface area contributed by atoms with Crippen LogP contribution in [0.2, 0.25) is 0 Å². The van der Waals surface area contributed by atoms with E-state index in [1.54, 1.807) is 24.4 Å². The third-order valence-corrected chi connectivity index (χ3v) is 3.37. The third-order valence-electron chi connectivity index (χ3n) is 2.49. The summed E-state index contributed by atoms with van der Waals surface area (Å²) in [6.45, 7) is 1.68. The smallest absolute Gasteiger partial charge is 0.365 e. The van der Waals surface area contributed by atoms with Gasteiger partial charge in [0.25, 0.3) is 0 Å². The van der Waals surface area contributed by atoms with Gasteiger partial charge in [0.2, 0.25) is 5.01 Å². The Morgan fingerprint density at radius 3 is 2.90 bits per heavy atom. The average molecular weight is 294 g/mol. The molecule has 7 nitrogen and oxygen atoms in total. The quantitative estimate of drug-likeness (QED) is 0.671. The minimum Gasteiger partial charge on any atom is -0.480 e. The summed E-state index contributed by atoms with van der Waals surface area (Å²) in [5.74, 6) is -0.939. The number of thiazole rings is 1. The number of hydrogen-bond donors (Lipinski definition) is 1. The number of ether oxygens (including phenoxy) is 1. The monoisotopic (exact) mass is 294 g/mol. The fourth-order valence-electron chi connectivity index (χ4n) is 1.59. The van der Waals surface area contributed by atoms with Crippen molar-refractivity contribution in [3.63, 3.8) is 0 Å². The first kappa shape index (κ1) is 13.9. The van der Waals surface area contributed by atoms with Gasteiger partial charge in [-0.05, 0) is 12.5 Å². The number of para-hydroxylation sites is 1. The summed E-state index contributed by atoms with van der Waals surface area (Å²) < 4.78 is 5.42. The van der Waals surface area contributed by atoms with Crippen LogP contribution in [0.3, 0.4) is 0 Å².